The Balaban J connectivity index is 1.69. The first-order valence-electron chi connectivity index (χ1n) is 9.37. The minimum Gasteiger partial charge on any atom is -0.491 e. The number of hydrogen-bond donors (Lipinski definition) is 2. The van der Waals surface area contributed by atoms with Crippen molar-refractivity contribution in [2.75, 3.05) is 32.8 Å². The molecule has 1 unspecified atom stereocenters. The number of likely N-dealkylation sites (tertiary alicyclic amines) is 1. The lowest BCUT2D eigenvalue weighted by Crippen LogP contribution is -2.44. The highest BCUT2D eigenvalue weighted by atomic mass is 16.5. The molecule has 1 fully saturated rings. The summed E-state index contributed by atoms with van der Waals surface area (Å²) in [7, 11) is 0. The molecule has 0 bridgehead atoms. The van der Waals surface area contributed by atoms with Crippen LogP contribution in [0.5, 0.6) is 5.75 Å². The fraction of sp³-hybridized carbons (Fsp3) is 0.650. The predicted octanol–water partition coefficient (Wildman–Crippen LogP) is 2.28. The smallest absolute Gasteiger partial charge is 0.223 e. The van der Waals surface area contributed by atoms with E-state index in [2.05, 4.69) is 23.2 Å². The topological polar surface area (TPSA) is 61.8 Å². The summed E-state index contributed by atoms with van der Waals surface area (Å²) >= 11 is 0. The second kappa shape index (κ2) is 9.78. The Bertz CT molecular complexity index is 534. The molecular formula is C20H32N2O3. The number of carbonyl (C=O) groups is 1. The zero-order valence-corrected chi connectivity index (χ0v) is 15.8. The molecule has 5 nitrogen and oxygen atoms in total. The van der Waals surface area contributed by atoms with Crippen LogP contribution >= 0.6 is 0 Å². The molecule has 1 aromatic carbocycles. The molecule has 0 saturated carbocycles. The quantitative estimate of drug-likeness (QED) is 0.757. The van der Waals surface area contributed by atoms with Crippen molar-refractivity contribution in [3.05, 3.63) is 29.3 Å². The second-order valence-electron chi connectivity index (χ2n) is 7.15. The average molecular weight is 348 g/mol. The minimum atomic E-state index is -0.522. The molecule has 1 amide bonds. The van der Waals surface area contributed by atoms with Gasteiger partial charge in [-0.25, -0.2) is 0 Å². The lowest BCUT2D eigenvalue weighted by Gasteiger charge is -2.32. The van der Waals surface area contributed by atoms with Gasteiger partial charge in [0.2, 0.25) is 5.91 Å². The van der Waals surface area contributed by atoms with Gasteiger partial charge in [0.15, 0.2) is 0 Å². The van der Waals surface area contributed by atoms with Crippen LogP contribution in [-0.2, 0) is 4.79 Å². The molecule has 25 heavy (non-hydrogen) atoms. The summed E-state index contributed by atoms with van der Waals surface area (Å²) in [6.45, 7) is 9.48. The van der Waals surface area contributed by atoms with Crippen molar-refractivity contribution in [2.24, 2.45) is 5.92 Å². The largest absolute Gasteiger partial charge is 0.491 e. The molecule has 1 aromatic rings. The van der Waals surface area contributed by atoms with Crippen LogP contribution in [0.3, 0.4) is 0 Å². The van der Waals surface area contributed by atoms with Crippen molar-refractivity contribution >= 4 is 5.91 Å². The number of aliphatic hydroxyl groups excluding tert-OH is 1. The van der Waals surface area contributed by atoms with Crippen molar-refractivity contribution in [3.8, 4) is 5.75 Å². The molecule has 0 spiro atoms. The maximum atomic E-state index is 12.0. The van der Waals surface area contributed by atoms with Crippen LogP contribution in [0.2, 0.25) is 0 Å². The summed E-state index contributed by atoms with van der Waals surface area (Å²) in [5.41, 5.74) is 2.32. The number of amides is 1. The molecule has 2 rings (SSSR count). The van der Waals surface area contributed by atoms with Gasteiger partial charge in [0.05, 0.1) is 0 Å². The maximum Gasteiger partial charge on any atom is 0.223 e. The molecule has 140 valence electrons. The predicted molar refractivity (Wildman–Crippen MR) is 99.9 cm³/mol. The Hall–Kier alpha value is -1.59. The monoisotopic (exact) mass is 348 g/mol. The van der Waals surface area contributed by atoms with E-state index in [0.717, 1.165) is 55.8 Å². The van der Waals surface area contributed by atoms with E-state index in [1.807, 2.05) is 26.0 Å². The highest BCUT2D eigenvalue weighted by Gasteiger charge is 2.25. The van der Waals surface area contributed by atoms with Crippen molar-refractivity contribution in [1.29, 1.82) is 0 Å². The van der Waals surface area contributed by atoms with Crippen LogP contribution in [0.15, 0.2) is 18.2 Å². The Labute approximate surface area is 151 Å². The standard InChI is InChI=1S/C20H32N2O3/c1-4-7-21-20(24)17-5-8-22(9-6-17)13-18(23)14-25-19-11-15(2)10-16(3)12-19/h10-12,17-18,23H,4-9,13-14H2,1-3H3,(H,21,24). The van der Waals surface area contributed by atoms with E-state index in [1.54, 1.807) is 0 Å². The number of aliphatic hydroxyl groups is 1. The van der Waals surface area contributed by atoms with Crippen molar-refractivity contribution in [2.45, 2.75) is 46.1 Å². The molecule has 1 saturated heterocycles. The van der Waals surface area contributed by atoms with Crippen molar-refractivity contribution in [3.63, 3.8) is 0 Å². The van der Waals surface area contributed by atoms with Gasteiger partial charge in [-0.15, -0.1) is 0 Å². The highest BCUT2D eigenvalue weighted by molar-refractivity contribution is 5.78. The molecule has 2 N–H and O–H groups in total. The Morgan fingerprint density at radius 1 is 1.28 bits per heavy atom. The van der Waals surface area contributed by atoms with Gasteiger partial charge in [0, 0.05) is 19.0 Å². The van der Waals surface area contributed by atoms with Gasteiger partial charge in [0.1, 0.15) is 18.5 Å². The second-order valence-corrected chi connectivity index (χ2v) is 7.15. The SMILES string of the molecule is CCCNC(=O)C1CCN(CC(O)COc2cc(C)cc(C)c2)CC1. The summed E-state index contributed by atoms with van der Waals surface area (Å²) in [4.78, 5) is 14.2. The number of β-amino-alcohol motifs (C(OH)–C–C–N with tert-alkyl or cyclic N) is 1. The van der Waals surface area contributed by atoms with E-state index < -0.39 is 6.10 Å². The first-order chi connectivity index (χ1) is 12.0. The van der Waals surface area contributed by atoms with E-state index >= 15 is 0 Å². The van der Waals surface area contributed by atoms with E-state index in [4.69, 9.17) is 4.74 Å². The van der Waals surface area contributed by atoms with E-state index in [1.165, 1.54) is 0 Å². The third-order valence-electron chi connectivity index (χ3n) is 4.61. The lowest BCUT2D eigenvalue weighted by atomic mass is 9.95. The molecule has 0 aliphatic carbocycles. The number of rotatable bonds is 8. The van der Waals surface area contributed by atoms with Crippen molar-refractivity contribution < 1.29 is 14.6 Å². The molecule has 0 aromatic heterocycles. The van der Waals surface area contributed by atoms with Gasteiger partial charge in [-0.1, -0.05) is 13.0 Å². The Kier molecular flexibility index (Phi) is 7.72. The lowest BCUT2D eigenvalue weighted by molar-refractivity contribution is -0.126. The van der Waals surface area contributed by atoms with Gasteiger partial charge >= 0.3 is 0 Å². The summed E-state index contributed by atoms with van der Waals surface area (Å²) in [5, 5.41) is 13.2. The zero-order valence-electron chi connectivity index (χ0n) is 15.8. The van der Waals surface area contributed by atoms with Crippen LogP contribution < -0.4 is 10.1 Å². The number of aryl methyl sites for hydroxylation is 2. The Morgan fingerprint density at radius 3 is 2.52 bits per heavy atom. The molecular weight excluding hydrogens is 316 g/mol. The fourth-order valence-electron chi connectivity index (χ4n) is 3.33. The Morgan fingerprint density at radius 2 is 1.92 bits per heavy atom. The maximum absolute atomic E-state index is 12.0. The normalized spacial score (nSPS) is 17.3. The summed E-state index contributed by atoms with van der Waals surface area (Å²) in [5.74, 6) is 1.11. The van der Waals surface area contributed by atoms with Gasteiger partial charge < -0.3 is 20.1 Å². The van der Waals surface area contributed by atoms with E-state index in [-0.39, 0.29) is 11.8 Å². The molecule has 1 aliphatic heterocycles. The summed E-state index contributed by atoms with van der Waals surface area (Å²) < 4.78 is 5.73. The third kappa shape index (κ3) is 6.67. The van der Waals surface area contributed by atoms with Crippen LogP contribution in [0, 0.1) is 19.8 Å². The first-order valence-corrected chi connectivity index (χ1v) is 9.37. The molecule has 5 heteroatoms. The molecule has 1 atom stereocenters. The number of benzene rings is 1. The number of piperidine rings is 1. The van der Waals surface area contributed by atoms with Crippen LogP contribution in [0.25, 0.3) is 0 Å². The average Bonchev–Trinajstić information content (AvgIpc) is 2.58. The molecule has 1 aliphatic rings. The molecule has 0 radical (unpaired) electrons. The van der Waals surface area contributed by atoms with Gasteiger partial charge in [-0.05, 0) is 69.5 Å². The third-order valence-corrected chi connectivity index (χ3v) is 4.61. The van der Waals surface area contributed by atoms with Crippen LogP contribution in [0.4, 0.5) is 0 Å². The van der Waals surface area contributed by atoms with Crippen LogP contribution in [0.1, 0.15) is 37.3 Å². The number of nitrogens with zero attached hydrogens (tertiary/aromatic N) is 1. The fourth-order valence-corrected chi connectivity index (χ4v) is 3.33. The summed E-state index contributed by atoms with van der Waals surface area (Å²) in [6, 6.07) is 6.07. The first kappa shape index (κ1) is 19.7. The van der Waals surface area contributed by atoms with E-state index in [9.17, 15) is 9.90 Å². The van der Waals surface area contributed by atoms with Gasteiger partial charge in [-0.3, -0.25) is 4.79 Å². The highest BCUT2D eigenvalue weighted by Crippen LogP contribution is 2.19. The van der Waals surface area contributed by atoms with E-state index in [0.29, 0.717) is 13.2 Å². The zero-order chi connectivity index (χ0) is 18.2. The number of hydrogen-bond acceptors (Lipinski definition) is 4. The number of nitrogens with one attached hydrogen (secondary N) is 1. The number of carbonyl (C=O) groups excluding carboxylic acids is 1. The van der Waals surface area contributed by atoms with Gasteiger partial charge in [0.25, 0.3) is 0 Å². The number of ether oxygens (including phenoxy) is 1. The minimum absolute atomic E-state index is 0.117. The molecule has 1 heterocycles. The van der Waals surface area contributed by atoms with Crippen molar-refractivity contribution in [1.82, 2.24) is 10.2 Å². The summed E-state index contributed by atoms with van der Waals surface area (Å²) in [6.07, 6.45) is 2.17. The van der Waals surface area contributed by atoms with Crippen LogP contribution in [-0.4, -0.2) is 54.8 Å². The van der Waals surface area contributed by atoms with Gasteiger partial charge in [-0.2, -0.15) is 0 Å².